The minimum absolute atomic E-state index is 0. The van der Waals surface area contributed by atoms with Crippen LogP contribution in [0.2, 0.25) is 0 Å². The van der Waals surface area contributed by atoms with Crippen LogP contribution in [0.25, 0.3) is 0 Å². The van der Waals surface area contributed by atoms with E-state index in [9.17, 15) is 9.18 Å². The largest absolute Gasteiger partial charge is 0.322 e. The average molecular weight is 249 g/mol. The lowest BCUT2D eigenvalue weighted by molar-refractivity contribution is -0.117. The molecule has 5 nitrogen and oxygen atoms in total. The van der Waals surface area contributed by atoms with Gasteiger partial charge in [0.05, 0.1) is 17.9 Å². The summed E-state index contributed by atoms with van der Waals surface area (Å²) in [6.45, 7) is 0.255. The molecule has 1 saturated heterocycles. The molecule has 2 rings (SSSR count). The summed E-state index contributed by atoms with van der Waals surface area (Å²) in [6.07, 6.45) is 2.57. The molecule has 0 radical (unpaired) electrons. The highest BCUT2D eigenvalue weighted by Gasteiger charge is 2.29. The number of alkyl halides is 1. The van der Waals surface area contributed by atoms with Gasteiger partial charge in [0.1, 0.15) is 6.17 Å². The summed E-state index contributed by atoms with van der Waals surface area (Å²) in [7, 11) is 1.76. The van der Waals surface area contributed by atoms with E-state index in [1.807, 2.05) is 0 Å². The zero-order chi connectivity index (χ0) is 10.8. The summed E-state index contributed by atoms with van der Waals surface area (Å²) in [5, 5.41) is 9.41. The highest BCUT2D eigenvalue weighted by Crippen LogP contribution is 2.12. The van der Waals surface area contributed by atoms with E-state index in [4.69, 9.17) is 0 Å². The first-order valence-electron chi connectivity index (χ1n) is 4.82. The topological polar surface area (TPSA) is 59.0 Å². The van der Waals surface area contributed by atoms with Crippen molar-refractivity contribution in [2.75, 3.05) is 11.9 Å². The van der Waals surface area contributed by atoms with E-state index >= 15 is 0 Å². The summed E-state index contributed by atoms with van der Waals surface area (Å²) >= 11 is 0. The number of carbonyl (C=O) groups excluding carboxylic acids is 1. The number of aryl methyl sites for hydroxylation is 1. The molecule has 0 spiro atoms. The number of nitrogens with one attached hydrogen (secondary N) is 2. The zero-order valence-corrected chi connectivity index (χ0v) is 9.63. The number of hydrogen-bond acceptors (Lipinski definition) is 3. The van der Waals surface area contributed by atoms with E-state index in [1.165, 1.54) is 0 Å². The Hall–Kier alpha value is -1.14. The molecule has 1 aliphatic rings. The Morgan fingerprint density at radius 1 is 1.75 bits per heavy atom. The fourth-order valence-corrected chi connectivity index (χ4v) is 1.61. The zero-order valence-electron chi connectivity index (χ0n) is 8.81. The lowest BCUT2D eigenvalue weighted by Crippen LogP contribution is -2.35. The van der Waals surface area contributed by atoms with Crippen LogP contribution in [-0.2, 0) is 11.8 Å². The maximum atomic E-state index is 12.8. The van der Waals surface area contributed by atoms with Crippen molar-refractivity contribution in [3.63, 3.8) is 0 Å². The van der Waals surface area contributed by atoms with Gasteiger partial charge in [-0.2, -0.15) is 5.10 Å². The third kappa shape index (κ3) is 2.93. The molecule has 90 valence electrons. The molecule has 2 N–H and O–H groups in total. The first kappa shape index (κ1) is 12.9. The second-order valence-corrected chi connectivity index (χ2v) is 3.69. The van der Waals surface area contributed by atoms with Crippen LogP contribution in [-0.4, -0.2) is 34.4 Å². The molecule has 0 saturated carbocycles. The third-order valence-electron chi connectivity index (χ3n) is 2.37. The Morgan fingerprint density at radius 2 is 2.50 bits per heavy atom. The molecule has 0 aliphatic carbocycles. The van der Waals surface area contributed by atoms with Crippen LogP contribution in [0.3, 0.4) is 0 Å². The minimum Gasteiger partial charge on any atom is -0.322 e. The number of rotatable bonds is 2. The van der Waals surface area contributed by atoms with Crippen LogP contribution in [0.5, 0.6) is 0 Å². The molecule has 1 aromatic rings. The summed E-state index contributed by atoms with van der Waals surface area (Å²) in [6, 6.07) is -0.430. The van der Waals surface area contributed by atoms with Crippen LogP contribution >= 0.6 is 12.4 Å². The standard InChI is InChI=1S/C9H13FN4O.ClH/c1-14-5-7(4-12-14)13-9(15)8-2-6(10)3-11-8;/h4-6,8,11H,2-3H2,1H3,(H,13,15);1H/t6-,8+;/m1./s1. The van der Waals surface area contributed by atoms with Gasteiger partial charge in [-0.3, -0.25) is 9.48 Å². The number of amides is 1. The maximum Gasteiger partial charge on any atom is 0.241 e. The first-order chi connectivity index (χ1) is 7.15. The lowest BCUT2D eigenvalue weighted by atomic mass is 10.2. The molecular weight excluding hydrogens is 235 g/mol. The van der Waals surface area contributed by atoms with Crippen molar-refractivity contribution in [2.45, 2.75) is 18.6 Å². The minimum atomic E-state index is -0.922. The first-order valence-corrected chi connectivity index (χ1v) is 4.82. The highest BCUT2D eigenvalue weighted by molar-refractivity contribution is 5.94. The molecule has 1 aliphatic heterocycles. The van der Waals surface area contributed by atoms with Crippen molar-refractivity contribution in [1.29, 1.82) is 0 Å². The van der Waals surface area contributed by atoms with Gasteiger partial charge in [0.2, 0.25) is 5.91 Å². The van der Waals surface area contributed by atoms with Gasteiger partial charge in [-0.25, -0.2) is 4.39 Å². The Kier molecular flexibility index (Phi) is 4.26. The fourth-order valence-electron chi connectivity index (χ4n) is 1.61. The van der Waals surface area contributed by atoms with Crippen molar-refractivity contribution in [3.8, 4) is 0 Å². The van der Waals surface area contributed by atoms with Gasteiger partial charge in [-0.15, -0.1) is 12.4 Å². The van der Waals surface area contributed by atoms with E-state index in [1.54, 1.807) is 24.1 Å². The highest BCUT2D eigenvalue weighted by atomic mass is 35.5. The average Bonchev–Trinajstić information content (AvgIpc) is 2.75. The van der Waals surface area contributed by atoms with Crippen molar-refractivity contribution in [2.24, 2.45) is 7.05 Å². The number of aromatic nitrogens is 2. The summed E-state index contributed by atoms with van der Waals surface area (Å²) in [5.41, 5.74) is 0.631. The molecular formula is C9H14ClFN4O. The molecule has 7 heteroatoms. The Balaban J connectivity index is 0.00000128. The van der Waals surface area contributed by atoms with Crippen molar-refractivity contribution in [1.82, 2.24) is 15.1 Å². The predicted molar refractivity (Wildman–Crippen MR) is 60.4 cm³/mol. The molecule has 16 heavy (non-hydrogen) atoms. The van der Waals surface area contributed by atoms with E-state index in [0.717, 1.165) is 0 Å². The fraction of sp³-hybridized carbons (Fsp3) is 0.556. The lowest BCUT2D eigenvalue weighted by Gasteiger charge is -2.08. The Morgan fingerprint density at radius 3 is 3.00 bits per heavy atom. The summed E-state index contributed by atoms with van der Waals surface area (Å²) in [5.74, 6) is -0.205. The van der Waals surface area contributed by atoms with Gasteiger partial charge in [0.15, 0.2) is 0 Å². The number of anilines is 1. The molecule has 2 atom stereocenters. The molecule has 1 aromatic heterocycles. The number of carbonyl (C=O) groups is 1. The number of nitrogens with zero attached hydrogens (tertiary/aromatic N) is 2. The molecule has 2 heterocycles. The molecule has 0 aromatic carbocycles. The third-order valence-corrected chi connectivity index (χ3v) is 2.37. The van der Waals surface area contributed by atoms with Gasteiger partial charge >= 0.3 is 0 Å². The van der Waals surface area contributed by atoms with Crippen LogP contribution < -0.4 is 10.6 Å². The summed E-state index contributed by atoms with van der Waals surface area (Å²) < 4.78 is 14.4. The molecule has 1 fully saturated rings. The smallest absolute Gasteiger partial charge is 0.241 e. The summed E-state index contributed by atoms with van der Waals surface area (Å²) in [4.78, 5) is 11.6. The number of halogens is 2. The second kappa shape index (κ2) is 5.27. The molecule has 0 bridgehead atoms. The monoisotopic (exact) mass is 248 g/mol. The van der Waals surface area contributed by atoms with Crippen LogP contribution in [0, 0.1) is 0 Å². The SMILES string of the molecule is Cl.Cn1cc(NC(=O)[C@@H]2C[C@@H](F)CN2)cn1. The van der Waals surface area contributed by atoms with E-state index in [2.05, 4.69) is 15.7 Å². The Bertz CT molecular complexity index is 370. The van der Waals surface area contributed by atoms with Gasteiger partial charge in [-0.1, -0.05) is 0 Å². The van der Waals surface area contributed by atoms with Crippen LogP contribution in [0.15, 0.2) is 12.4 Å². The van der Waals surface area contributed by atoms with Gasteiger partial charge in [0, 0.05) is 26.2 Å². The Labute approximate surface area is 98.8 Å². The van der Waals surface area contributed by atoms with Gasteiger partial charge in [-0.05, 0) is 0 Å². The molecule has 1 amide bonds. The second-order valence-electron chi connectivity index (χ2n) is 3.69. The maximum absolute atomic E-state index is 12.8. The predicted octanol–water partition coefficient (Wildman–Crippen LogP) is 0.480. The van der Waals surface area contributed by atoms with Crippen molar-refractivity contribution in [3.05, 3.63) is 12.4 Å². The van der Waals surface area contributed by atoms with E-state index in [0.29, 0.717) is 5.69 Å². The normalized spacial score (nSPS) is 23.9. The van der Waals surface area contributed by atoms with E-state index < -0.39 is 12.2 Å². The quantitative estimate of drug-likeness (QED) is 0.801. The number of hydrogen-bond donors (Lipinski definition) is 2. The van der Waals surface area contributed by atoms with Crippen LogP contribution in [0.4, 0.5) is 10.1 Å². The molecule has 0 unspecified atom stereocenters. The van der Waals surface area contributed by atoms with Crippen LogP contribution in [0.1, 0.15) is 6.42 Å². The van der Waals surface area contributed by atoms with E-state index in [-0.39, 0.29) is 31.3 Å². The van der Waals surface area contributed by atoms with Crippen molar-refractivity contribution >= 4 is 24.0 Å². The van der Waals surface area contributed by atoms with Crippen molar-refractivity contribution < 1.29 is 9.18 Å². The van der Waals surface area contributed by atoms with Gasteiger partial charge < -0.3 is 10.6 Å². The van der Waals surface area contributed by atoms with Gasteiger partial charge in [0.25, 0.3) is 0 Å².